The van der Waals surface area contributed by atoms with Gasteiger partial charge in [-0.1, -0.05) is 23.7 Å². The molecule has 9 nitrogen and oxygen atoms in total. The van der Waals surface area contributed by atoms with Gasteiger partial charge in [0.25, 0.3) is 0 Å². The van der Waals surface area contributed by atoms with Crippen LogP contribution in [0.3, 0.4) is 0 Å². The number of aliphatic hydroxyl groups is 1. The van der Waals surface area contributed by atoms with Crippen LogP contribution < -0.4 is 5.32 Å². The van der Waals surface area contributed by atoms with Gasteiger partial charge in [-0.2, -0.15) is 5.26 Å². The van der Waals surface area contributed by atoms with E-state index in [-0.39, 0.29) is 29.2 Å². The Hall–Kier alpha value is -2.81. The number of benzene rings is 1. The van der Waals surface area contributed by atoms with E-state index >= 15 is 0 Å². The molecule has 2 N–H and O–H groups in total. The normalized spacial score (nSPS) is 26.4. The third-order valence-corrected chi connectivity index (χ3v) is 6.36. The lowest BCUT2D eigenvalue weighted by Gasteiger charge is -2.24. The molecule has 1 aromatic carbocycles. The number of anilines is 1. The molecule has 2 aliphatic heterocycles. The first-order valence-corrected chi connectivity index (χ1v) is 11.2. The van der Waals surface area contributed by atoms with Gasteiger partial charge in [0.1, 0.15) is 41.3 Å². The van der Waals surface area contributed by atoms with Crippen molar-refractivity contribution >= 4 is 28.5 Å². The quantitative estimate of drug-likeness (QED) is 0.524. The number of aromatic nitrogens is 3. The number of hydrogen-bond acceptors (Lipinski definition) is 8. The molecular formula is C23H23ClFN5O4. The van der Waals surface area contributed by atoms with E-state index in [2.05, 4.69) is 21.4 Å². The van der Waals surface area contributed by atoms with Gasteiger partial charge < -0.3 is 24.6 Å². The van der Waals surface area contributed by atoms with Crippen molar-refractivity contribution in [2.24, 2.45) is 0 Å². The second-order valence-electron chi connectivity index (χ2n) is 8.82. The summed E-state index contributed by atoms with van der Waals surface area (Å²) in [4.78, 5) is 8.92. The maximum atomic E-state index is 13.4. The van der Waals surface area contributed by atoms with Crippen molar-refractivity contribution in [1.82, 2.24) is 14.5 Å². The minimum atomic E-state index is -0.836. The maximum absolute atomic E-state index is 13.4. The molecule has 4 heterocycles. The zero-order valence-electron chi connectivity index (χ0n) is 18.7. The Balaban J connectivity index is 1.56. The van der Waals surface area contributed by atoms with E-state index in [1.54, 1.807) is 36.9 Å². The smallest absolute Gasteiger partial charge is 0.166 e. The molecule has 0 bridgehead atoms. The molecule has 0 unspecified atom stereocenters. The molecule has 178 valence electrons. The third kappa shape index (κ3) is 3.79. The molecule has 0 spiro atoms. The van der Waals surface area contributed by atoms with Gasteiger partial charge in [0.05, 0.1) is 18.6 Å². The summed E-state index contributed by atoms with van der Waals surface area (Å²) in [6.45, 7) is 5.25. The fourth-order valence-corrected chi connectivity index (χ4v) is 4.74. The van der Waals surface area contributed by atoms with Crippen molar-refractivity contribution in [3.05, 3.63) is 52.7 Å². The van der Waals surface area contributed by atoms with Crippen LogP contribution in [-0.4, -0.2) is 50.3 Å². The molecule has 0 aliphatic carbocycles. The van der Waals surface area contributed by atoms with E-state index in [1.165, 1.54) is 12.1 Å². The summed E-state index contributed by atoms with van der Waals surface area (Å²) in [5.74, 6) is -1.17. The average molecular weight is 488 g/mol. The monoisotopic (exact) mass is 487 g/mol. The second kappa shape index (κ2) is 8.45. The summed E-state index contributed by atoms with van der Waals surface area (Å²) in [7, 11) is 0. The Morgan fingerprint density at radius 3 is 2.68 bits per heavy atom. The molecule has 5 atom stereocenters. The summed E-state index contributed by atoms with van der Waals surface area (Å²) in [5.41, 5.74) is 2.17. The number of pyridine rings is 1. The van der Waals surface area contributed by atoms with Gasteiger partial charge in [-0.3, -0.25) is 4.57 Å². The van der Waals surface area contributed by atoms with E-state index in [4.69, 9.17) is 25.8 Å². The predicted molar refractivity (Wildman–Crippen MR) is 121 cm³/mol. The molecule has 0 amide bonds. The SMILES string of the molecule is C[C@H](Nc1c(C#N)c(Cl)nc2c1ncn2[C@@H]1O[C@H](CO)[C@H]2OC(C)(C)O[C@H]21)c1ccc(F)cc1. The third-order valence-electron chi connectivity index (χ3n) is 6.09. The molecule has 5 rings (SSSR count). The highest BCUT2D eigenvalue weighted by Gasteiger charge is 2.56. The van der Waals surface area contributed by atoms with Crippen LogP contribution in [0, 0.1) is 17.1 Å². The summed E-state index contributed by atoms with van der Waals surface area (Å²) in [5, 5.41) is 22.8. The summed E-state index contributed by atoms with van der Waals surface area (Å²) < 4.78 is 33.1. The standard InChI is InChI=1S/C23H23ClFN5O4/c1-11(12-4-6-13(25)7-5-12)28-16-14(8-26)20(24)29-21-17(16)27-10-30(21)22-19-18(15(9-31)32-22)33-23(2,3)34-19/h4-7,10-11,15,18-19,22,31H,9H2,1-3H3,(H,28,29)/t11-,15+,18+,19+,22+/m0/s1. The molecule has 2 fully saturated rings. The van der Waals surface area contributed by atoms with Crippen LogP contribution in [0.25, 0.3) is 11.2 Å². The van der Waals surface area contributed by atoms with Crippen molar-refractivity contribution < 1.29 is 23.7 Å². The lowest BCUT2D eigenvalue weighted by Crippen LogP contribution is -2.31. The highest BCUT2D eigenvalue weighted by Crippen LogP contribution is 2.44. The van der Waals surface area contributed by atoms with Crippen LogP contribution in [0.5, 0.6) is 0 Å². The summed E-state index contributed by atoms with van der Waals surface area (Å²) in [6.07, 6.45) is -0.686. The number of aliphatic hydroxyl groups excluding tert-OH is 1. The zero-order chi connectivity index (χ0) is 24.2. The van der Waals surface area contributed by atoms with Gasteiger partial charge in [-0.25, -0.2) is 14.4 Å². The average Bonchev–Trinajstić information content (AvgIpc) is 3.44. The molecule has 2 aliphatic rings. The number of nitriles is 1. The first-order chi connectivity index (χ1) is 16.2. The number of rotatable bonds is 5. The van der Waals surface area contributed by atoms with Crippen LogP contribution in [0.2, 0.25) is 5.15 Å². The van der Waals surface area contributed by atoms with E-state index in [9.17, 15) is 14.8 Å². The van der Waals surface area contributed by atoms with Crippen LogP contribution in [0.4, 0.5) is 10.1 Å². The van der Waals surface area contributed by atoms with E-state index < -0.39 is 30.3 Å². The Kier molecular flexibility index (Phi) is 5.70. The molecule has 11 heteroatoms. The Bertz CT molecular complexity index is 1280. The van der Waals surface area contributed by atoms with Crippen molar-refractivity contribution in [3.8, 4) is 6.07 Å². The Labute approximate surface area is 200 Å². The number of nitrogens with zero attached hydrogens (tertiary/aromatic N) is 4. The summed E-state index contributed by atoms with van der Waals surface area (Å²) in [6, 6.07) is 7.89. The maximum Gasteiger partial charge on any atom is 0.166 e. The lowest BCUT2D eigenvalue weighted by atomic mass is 10.1. The number of imidazole rings is 1. The van der Waals surface area contributed by atoms with Gasteiger partial charge >= 0.3 is 0 Å². The molecule has 3 aromatic rings. The number of hydrogen-bond donors (Lipinski definition) is 2. The fraction of sp³-hybridized carbons (Fsp3) is 0.435. The number of fused-ring (bicyclic) bond motifs is 2. The highest BCUT2D eigenvalue weighted by atomic mass is 35.5. The van der Waals surface area contributed by atoms with Gasteiger partial charge in [-0.05, 0) is 38.5 Å². The molecule has 2 saturated heterocycles. The topological polar surface area (TPSA) is 114 Å². The lowest BCUT2D eigenvalue weighted by molar-refractivity contribution is -0.199. The van der Waals surface area contributed by atoms with Crippen molar-refractivity contribution in [1.29, 1.82) is 5.26 Å². The van der Waals surface area contributed by atoms with Crippen molar-refractivity contribution in [3.63, 3.8) is 0 Å². The summed E-state index contributed by atoms with van der Waals surface area (Å²) >= 11 is 6.41. The van der Waals surface area contributed by atoms with Crippen LogP contribution >= 0.6 is 11.6 Å². The van der Waals surface area contributed by atoms with E-state index in [0.29, 0.717) is 16.9 Å². The van der Waals surface area contributed by atoms with Crippen LogP contribution in [0.1, 0.15) is 44.2 Å². The molecule has 2 aromatic heterocycles. The van der Waals surface area contributed by atoms with E-state index in [1.807, 2.05) is 6.92 Å². The fourth-order valence-electron chi connectivity index (χ4n) is 4.52. The van der Waals surface area contributed by atoms with E-state index in [0.717, 1.165) is 5.56 Å². The predicted octanol–water partition coefficient (Wildman–Crippen LogP) is 3.68. The Morgan fingerprint density at radius 2 is 2.00 bits per heavy atom. The van der Waals surface area contributed by atoms with Crippen LogP contribution in [-0.2, 0) is 14.2 Å². The molecule has 0 saturated carbocycles. The van der Waals surface area contributed by atoms with Crippen molar-refractivity contribution in [2.75, 3.05) is 11.9 Å². The largest absolute Gasteiger partial charge is 0.394 e. The Morgan fingerprint density at radius 1 is 1.29 bits per heavy atom. The highest BCUT2D eigenvalue weighted by molar-refractivity contribution is 6.31. The number of halogens is 2. The second-order valence-corrected chi connectivity index (χ2v) is 9.18. The van der Waals surface area contributed by atoms with Gasteiger partial charge in [0.2, 0.25) is 0 Å². The number of ether oxygens (including phenoxy) is 3. The zero-order valence-corrected chi connectivity index (χ0v) is 19.5. The van der Waals surface area contributed by atoms with Gasteiger partial charge in [0, 0.05) is 6.04 Å². The molecule has 0 radical (unpaired) electrons. The first-order valence-electron chi connectivity index (χ1n) is 10.8. The van der Waals surface area contributed by atoms with Gasteiger partial charge in [-0.15, -0.1) is 0 Å². The van der Waals surface area contributed by atoms with Crippen molar-refractivity contribution in [2.45, 2.75) is 57.1 Å². The minimum absolute atomic E-state index is 0.00253. The van der Waals surface area contributed by atoms with Gasteiger partial charge in [0.15, 0.2) is 22.8 Å². The molecule has 34 heavy (non-hydrogen) atoms. The molecular weight excluding hydrogens is 465 g/mol. The minimum Gasteiger partial charge on any atom is -0.394 e. The first kappa shape index (κ1) is 23.0. The number of nitrogens with one attached hydrogen (secondary N) is 1. The van der Waals surface area contributed by atoms with Crippen LogP contribution in [0.15, 0.2) is 30.6 Å².